The minimum absolute atomic E-state index is 0.119. The van der Waals surface area contributed by atoms with E-state index in [1.807, 2.05) is 0 Å². The van der Waals surface area contributed by atoms with E-state index in [2.05, 4.69) is 154 Å². The second-order valence-corrected chi connectivity index (χ2v) is 17.0. The number of esters is 3. The third-order valence-corrected chi connectivity index (χ3v) is 10.6. The molecule has 376 valence electrons. The lowest BCUT2D eigenvalue weighted by atomic mass is 10.1. The standard InChI is InChI=1S/C61H96O6/c1-4-7-10-13-16-19-22-25-28-30-33-36-39-42-45-48-51-54-60(63)66-57-58(56-65-59(62)53-50-47-44-41-38-35-32-27-24-21-18-15-12-9-6-3)67-61(64)55-52-49-46-43-40-37-34-31-29-26-23-20-17-14-11-8-5-2/h7,9-10,12,16-21,25-29,32-34,36-37,42,45,58H,4-6,8,11,13-15,22-24,30-31,35,38-41,43-44,46-57H2,1-3H3/b10-7+,12-9+,19-16+,20-17+,21-18+,28-25+,29-26+,32-27+,36-33+,37-34+,45-42+/t58-/m1/s1. The Labute approximate surface area is 411 Å². The Morgan fingerprint density at radius 1 is 0.313 bits per heavy atom. The number of hydrogen-bond donors (Lipinski definition) is 0. The van der Waals surface area contributed by atoms with Gasteiger partial charge in [0.1, 0.15) is 13.2 Å². The molecular formula is C61H96O6. The molecule has 6 heteroatoms. The quantitative estimate of drug-likeness (QED) is 0.0262. The molecule has 67 heavy (non-hydrogen) atoms. The average Bonchev–Trinajstić information content (AvgIpc) is 3.33. The van der Waals surface area contributed by atoms with Crippen molar-refractivity contribution in [2.24, 2.45) is 0 Å². The molecule has 0 spiro atoms. The SMILES string of the molecule is CC/C=C/C/C=C/C/C=C/C/C=C/C/C=C/CCCC(=O)OC[C@@H](COC(=O)CCCCCCC/C=C/C/C=C/C/C=C/CC)OC(=O)CCCCCC/C=C/C/C=C/C/C=C/CCCCC. The molecule has 0 saturated heterocycles. The van der Waals surface area contributed by atoms with Crippen LogP contribution in [0.4, 0.5) is 0 Å². The molecule has 0 heterocycles. The molecule has 6 nitrogen and oxygen atoms in total. The smallest absolute Gasteiger partial charge is 0.306 e. The van der Waals surface area contributed by atoms with Crippen LogP contribution in [0.3, 0.4) is 0 Å². The van der Waals surface area contributed by atoms with Crippen LogP contribution in [0.1, 0.15) is 213 Å². The summed E-state index contributed by atoms with van der Waals surface area (Å²) in [5.74, 6) is -1.02. The Bertz CT molecular complexity index is 1480. The lowest BCUT2D eigenvalue weighted by Gasteiger charge is -2.18. The summed E-state index contributed by atoms with van der Waals surface area (Å²) in [6.07, 6.45) is 75.8. The Kier molecular flexibility index (Phi) is 50.6. The first-order valence-electron chi connectivity index (χ1n) is 26.7. The van der Waals surface area contributed by atoms with E-state index in [0.717, 1.165) is 141 Å². The minimum atomic E-state index is -0.825. The number of rotatable bonds is 46. The number of hydrogen-bond acceptors (Lipinski definition) is 6. The van der Waals surface area contributed by atoms with Gasteiger partial charge in [0.2, 0.25) is 0 Å². The second kappa shape index (κ2) is 54.2. The lowest BCUT2D eigenvalue weighted by Crippen LogP contribution is -2.30. The number of unbranched alkanes of at least 4 members (excludes halogenated alkanes) is 13. The van der Waals surface area contributed by atoms with E-state index >= 15 is 0 Å². The van der Waals surface area contributed by atoms with Gasteiger partial charge < -0.3 is 14.2 Å². The Morgan fingerprint density at radius 2 is 0.597 bits per heavy atom. The average molecular weight is 925 g/mol. The van der Waals surface area contributed by atoms with Crippen molar-refractivity contribution in [1.82, 2.24) is 0 Å². The van der Waals surface area contributed by atoms with Crippen molar-refractivity contribution in [1.29, 1.82) is 0 Å². The van der Waals surface area contributed by atoms with Crippen LogP contribution in [0.5, 0.6) is 0 Å². The van der Waals surface area contributed by atoms with Crippen LogP contribution < -0.4 is 0 Å². The maximum Gasteiger partial charge on any atom is 0.306 e. The third-order valence-electron chi connectivity index (χ3n) is 10.6. The predicted molar refractivity (Wildman–Crippen MR) is 288 cm³/mol. The van der Waals surface area contributed by atoms with Crippen molar-refractivity contribution in [3.8, 4) is 0 Å². The molecule has 0 aliphatic heterocycles. The van der Waals surface area contributed by atoms with E-state index in [-0.39, 0.29) is 44.0 Å². The highest BCUT2D eigenvalue weighted by Gasteiger charge is 2.19. The van der Waals surface area contributed by atoms with Gasteiger partial charge in [-0.2, -0.15) is 0 Å². The normalized spacial score (nSPS) is 13.2. The van der Waals surface area contributed by atoms with Gasteiger partial charge in [0, 0.05) is 19.3 Å². The molecule has 0 unspecified atom stereocenters. The van der Waals surface area contributed by atoms with Crippen molar-refractivity contribution >= 4 is 17.9 Å². The van der Waals surface area contributed by atoms with Crippen LogP contribution in [0, 0.1) is 0 Å². The molecular weight excluding hydrogens is 829 g/mol. The number of ether oxygens (including phenoxy) is 3. The van der Waals surface area contributed by atoms with E-state index < -0.39 is 6.10 Å². The van der Waals surface area contributed by atoms with E-state index in [9.17, 15) is 14.4 Å². The molecule has 1 atom stereocenters. The lowest BCUT2D eigenvalue weighted by molar-refractivity contribution is -0.167. The fourth-order valence-electron chi connectivity index (χ4n) is 6.67. The van der Waals surface area contributed by atoms with Crippen LogP contribution in [0.2, 0.25) is 0 Å². The molecule has 0 aromatic heterocycles. The monoisotopic (exact) mass is 925 g/mol. The predicted octanol–water partition coefficient (Wildman–Crippen LogP) is 17.9. The molecule has 0 aromatic carbocycles. The first kappa shape index (κ1) is 62.5. The molecule has 0 aromatic rings. The van der Waals surface area contributed by atoms with Crippen LogP contribution >= 0.6 is 0 Å². The van der Waals surface area contributed by atoms with Crippen LogP contribution in [-0.4, -0.2) is 37.2 Å². The molecule has 0 bridgehead atoms. The Hall–Kier alpha value is -4.45. The zero-order valence-corrected chi connectivity index (χ0v) is 42.9. The van der Waals surface area contributed by atoms with Crippen molar-refractivity contribution < 1.29 is 28.6 Å². The van der Waals surface area contributed by atoms with Gasteiger partial charge in [-0.25, -0.2) is 0 Å². The highest BCUT2D eigenvalue weighted by atomic mass is 16.6. The molecule has 0 amide bonds. The summed E-state index contributed by atoms with van der Waals surface area (Å²) in [5.41, 5.74) is 0. The zero-order chi connectivity index (χ0) is 48.6. The van der Waals surface area contributed by atoms with Crippen molar-refractivity contribution in [3.05, 3.63) is 134 Å². The van der Waals surface area contributed by atoms with Gasteiger partial charge in [0.05, 0.1) is 0 Å². The van der Waals surface area contributed by atoms with Crippen LogP contribution in [0.25, 0.3) is 0 Å². The first-order valence-corrected chi connectivity index (χ1v) is 26.7. The fourth-order valence-corrected chi connectivity index (χ4v) is 6.67. The summed E-state index contributed by atoms with van der Waals surface area (Å²) >= 11 is 0. The Morgan fingerprint density at radius 3 is 0.970 bits per heavy atom. The molecule has 0 aliphatic carbocycles. The summed E-state index contributed by atoms with van der Waals surface area (Å²) in [6, 6.07) is 0. The Balaban J connectivity index is 4.58. The maximum absolute atomic E-state index is 12.8. The summed E-state index contributed by atoms with van der Waals surface area (Å²) in [6.45, 7) is 6.28. The van der Waals surface area contributed by atoms with Gasteiger partial charge in [-0.3, -0.25) is 14.4 Å². The third kappa shape index (κ3) is 52.4. The highest BCUT2D eigenvalue weighted by Crippen LogP contribution is 2.12. The van der Waals surface area contributed by atoms with Crippen molar-refractivity contribution in [3.63, 3.8) is 0 Å². The largest absolute Gasteiger partial charge is 0.462 e. The van der Waals surface area contributed by atoms with E-state index in [4.69, 9.17) is 14.2 Å². The van der Waals surface area contributed by atoms with Gasteiger partial charge in [-0.05, 0) is 128 Å². The van der Waals surface area contributed by atoms with Gasteiger partial charge in [-0.15, -0.1) is 0 Å². The van der Waals surface area contributed by atoms with E-state index in [1.165, 1.54) is 25.7 Å². The highest BCUT2D eigenvalue weighted by molar-refractivity contribution is 5.71. The van der Waals surface area contributed by atoms with Gasteiger partial charge in [0.25, 0.3) is 0 Å². The van der Waals surface area contributed by atoms with Gasteiger partial charge >= 0.3 is 17.9 Å². The zero-order valence-electron chi connectivity index (χ0n) is 42.9. The van der Waals surface area contributed by atoms with Gasteiger partial charge in [-0.1, -0.05) is 199 Å². The molecule has 0 fully saturated rings. The van der Waals surface area contributed by atoms with Gasteiger partial charge in [0.15, 0.2) is 6.10 Å². The number of carbonyl (C=O) groups is 3. The van der Waals surface area contributed by atoms with Crippen molar-refractivity contribution in [2.45, 2.75) is 219 Å². The number of allylic oxidation sites excluding steroid dienone is 22. The summed E-state index contributed by atoms with van der Waals surface area (Å²) in [4.78, 5) is 38.1. The van der Waals surface area contributed by atoms with Crippen molar-refractivity contribution in [2.75, 3.05) is 13.2 Å². The second-order valence-electron chi connectivity index (χ2n) is 17.0. The van der Waals surface area contributed by atoms with Crippen LogP contribution in [0.15, 0.2) is 134 Å². The fraction of sp³-hybridized carbons (Fsp3) is 0.590. The topological polar surface area (TPSA) is 78.9 Å². The molecule has 0 saturated carbocycles. The molecule has 0 rings (SSSR count). The van der Waals surface area contributed by atoms with E-state index in [1.54, 1.807) is 0 Å². The summed E-state index contributed by atoms with van der Waals surface area (Å²) in [5, 5.41) is 0. The molecule has 0 aliphatic rings. The van der Waals surface area contributed by atoms with E-state index in [0.29, 0.717) is 12.8 Å². The van der Waals surface area contributed by atoms with Crippen LogP contribution in [-0.2, 0) is 28.6 Å². The molecule has 0 N–H and O–H groups in total. The molecule has 0 radical (unpaired) electrons. The minimum Gasteiger partial charge on any atom is -0.462 e. The summed E-state index contributed by atoms with van der Waals surface area (Å²) in [7, 11) is 0. The first-order chi connectivity index (χ1) is 33.0. The maximum atomic E-state index is 12.8. The number of carbonyl (C=O) groups excluding carboxylic acids is 3. The summed E-state index contributed by atoms with van der Waals surface area (Å²) < 4.78 is 16.7.